The molecule has 0 saturated carbocycles. The minimum atomic E-state index is -0.276. The van der Waals surface area contributed by atoms with Crippen molar-refractivity contribution in [1.82, 2.24) is 14.9 Å². The van der Waals surface area contributed by atoms with E-state index in [1.165, 1.54) is 10.4 Å². The van der Waals surface area contributed by atoms with Crippen LogP contribution in [-0.4, -0.2) is 72.7 Å². The van der Waals surface area contributed by atoms with Crippen LogP contribution in [0.4, 0.5) is 5.82 Å². The molecule has 0 radical (unpaired) electrons. The lowest BCUT2D eigenvalue weighted by atomic mass is 9.97. The van der Waals surface area contributed by atoms with E-state index in [4.69, 9.17) is 9.47 Å². The fraction of sp³-hybridized carbons (Fsp3) is 0.600. The van der Waals surface area contributed by atoms with Gasteiger partial charge in [0, 0.05) is 31.1 Å². The predicted octanol–water partition coefficient (Wildman–Crippen LogP) is 1.93. The van der Waals surface area contributed by atoms with Crippen LogP contribution in [0, 0.1) is 19.8 Å². The highest BCUT2D eigenvalue weighted by molar-refractivity contribution is 7.18. The molecule has 0 spiro atoms. The first kappa shape index (κ1) is 20.0. The summed E-state index contributed by atoms with van der Waals surface area (Å²) in [5, 5.41) is 1.12. The number of anilines is 1. The summed E-state index contributed by atoms with van der Waals surface area (Å²) in [5.41, 5.74) is 1.23. The molecule has 2 fully saturated rings. The first-order chi connectivity index (χ1) is 14.0. The molecular formula is C20H26N4O4S. The van der Waals surface area contributed by atoms with Crippen LogP contribution < -0.4 is 4.90 Å². The Morgan fingerprint density at radius 2 is 1.90 bits per heavy atom. The van der Waals surface area contributed by atoms with E-state index < -0.39 is 0 Å². The van der Waals surface area contributed by atoms with E-state index in [-0.39, 0.29) is 24.4 Å². The molecule has 0 aromatic carbocycles. The van der Waals surface area contributed by atoms with Crippen molar-refractivity contribution in [3.63, 3.8) is 0 Å². The molecule has 2 aliphatic rings. The minimum Gasteiger partial charge on any atom is -0.455 e. The maximum absolute atomic E-state index is 12.4. The van der Waals surface area contributed by atoms with E-state index in [0.29, 0.717) is 39.1 Å². The Labute approximate surface area is 173 Å². The third-order valence-corrected chi connectivity index (χ3v) is 6.89. The highest BCUT2D eigenvalue weighted by atomic mass is 32.1. The van der Waals surface area contributed by atoms with Gasteiger partial charge in [-0.05, 0) is 32.3 Å². The Hall–Kier alpha value is -2.26. The van der Waals surface area contributed by atoms with E-state index in [1.54, 1.807) is 22.6 Å². The van der Waals surface area contributed by atoms with Gasteiger partial charge < -0.3 is 19.3 Å². The van der Waals surface area contributed by atoms with Crippen LogP contribution in [-0.2, 0) is 19.1 Å². The topological polar surface area (TPSA) is 84.9 Å². The fourth-order valence-electron chi connectivity index (χ4n) is 3.89. The van der Waals surface area contributed by atoms with Crippen molar-refractivity contribution >= 4 is 39.2 Å². The molecule has 29 heavy (non-hydrogen) atoms. The Morgan fingerprint density at radius 1 is 1.17 bits per heavy atom. The average molecular weight is 419 g/mol. The van der Waals surface area contributed by atoms with Crippen LogP contribution in [0.25, 0.3) is 10.2 Å². The van der Waals surface area contributed by atoms with Crippen LogP contribution in [0.15, 0.2) is 6.33 Å². The van der Waals surface area contributed by atoms with Crippen LogP contribution in [0.3, 0.4) is 0 Å². The number of carbonyl (C=O) groups is 2. The second-order valence-electron chi connectivity index (χ2n) is 7.52. The van der Waals surface area contributed by atoms with Gasteiger partial charge in [0.25, 0.3) is 5.91 Å². The highest BCUT2D eigenvalue weighted by Crippen LogP contribution is 2.35. The number of esters is 1. The standard InChI is InChI=1S/C20H26N4O4S/c1-13-14(2)29-19-17(13)18(21-12-22-19)24-5-3-15(4-6-24)20(26)28-11-16(25)23-7-9-27-10-8-23/h12,15H,3-11H2,1-2H3. The lowest BCUT2D eigenvalue weighted by Gasteiger charge is -2.32. The largest absolute Gasteiger partial charge is 0.455 e. The van der Waals surface area contributed by atoms with E-state index in [1.807, 2.05) is 0 Å². The number of aromatic nitrogens is 2. The molecule has 4 heterocycles. The monoisotopic (exact) mass is 418 g/mol. The molecule has 4 rings (SSSR count). The summed E-state index contributed by atoms with van der Waals surface area (Å²) in [5.74, 6) is 0.352. The molecule has 156 valence electrons. The zero-order chi connectivity index (χ0) is 20.4. The molecule has 2 aromatic rings. The van der Waals surface area contributed by atoms with Gasteiger partial charge in [-0.25, -0.2) is 9.97 Å². The normalized spacial score (nSPS) is 18.3. The number of rotatable bonds is 4. The SMILES string of the molecule is Cc1sc2ncnc(N3CCC(C(=O)OCC(=O)N4CCOCC4)CC3)c2c1C. The number of morpholine rings is 1. The maximum Gasteiger partial charge on any atom is 0.309 e. The lowest BCUT2D eigenvalue weighted by Crippen LogP contribution is -2.43. The first-order valence-corrected chi connectivity index (χ1v) is 10.8. The van der Waals surface area contributed by atoms with Crippen LogP contribution in [0.5, 0.6) is 0 Å². The van der Waals surface area contributed by atoms with Gasteiger partial charge in [0.1, 0.15) is 17.0 Å². The summed E-state index contributed by atoms with van der Waals surface area (Å²) >= 11 is 1.69. The van der Waals surface area contributed by atoms with E-state index >= 15 is 0 Å². The third kappa shape index (κ3) is 4.20. The van der Waals surface area contributed by atoms with Crippen LogP contribution in [0.2, 0.25) is 0 Å². The van der Waals surface area contributed by atoms with Crippen molar-refractivity contribution < 1.29 is 19.1 Å². The van der Waals surface area contributed by atoms with Crippen LogP contribution in [0.1, 0.15) is 23.3 Å². The zero-order valence-electron chi connectivity index (χ0n) is 16.8. The molecule has 0 bridgehead atoms. The maximum atomic E-state index is 12.4. The molecule has 1 amide bonds. The van der Waals surface area contributed by atoms with Gasteiger partial charge in [0.05, 0.1) is 24.5 Å². The van der Waals surface area contributed by atoms with Crippen molar-refractivity contribution in [3.8, 4) is 0 Å². The smallest absolute Gasteiger partial charge is 0.309 e. The fourth-order valence-corrected chi connectivity index (χ4v) is 4.88. The number of amides is 1. The van der Waals surface area contributed by atoms with Gasteiger partial charge in [0.15, 0.2) is 6.61 Å². The summed E-state index contributed by atoms with van der Waals surface area (Å²) < 4.78 is 10.6. The molecule has 0 N–H and O–H groups in total. The molecule has 0 aliphatic carbocycles. The van der Waals surface area contributed by atoms with Crippen molar-refractivity contribution in [2.24, 2.45) is 5.92 Å². The second-order valence-corrected chi connectivity index (χ2v) is 8.73. The van der Waals surface area contributed by atoms with Crippen molar-refractivity contribution in [2.45, 2.75) is 26.7 Å². The number of aryl methyl sites for hydroxylation is 2. The molecule has 9 heteroatoms. The summed E-state index contributed by atoms with van der Waals surface area (Å²) in [7, 11) is 0. The molecule has 2 saturated heterocycles. The Balaban J connectivity index is 1.32. The predicted molar refractivity (Wildman–Crippen MR) is 110 cm³/mol. The molecule has 2 aromatic heterocycles. The van der Waals surface area contributed by atoms with Crippen LogP contribution >= 0.6 is 11.3 Å². The number of fused-ring (bicyclic) bond motifs is 1. The van der Waals surface area contributed by atoms with Crippen molar-refractivity contribution in [3.05, 3.63) is 16.8 Å². The summed E-state index contributed by atoms with van der Waals surface area (Å²) in [4.78, 5) is 39.7. The Kier molecular flexibility index (Phi) is 5.96. The number of thiophene rings is 1. The molecule has 2 aliphatic heterocycles. The van der Waals surface area contributed by atoms with Crippen molar-refractivity contribution in [2.75, 3.05) is 50.9 Å². The number of hydrogen-bond donors (Lipinski definition) is 0. The van der Waals surface area contributed by atoms with Gasteiger partial charge in [-0.2, -0.15) is 0 Å². The van der Waals surface area contributed by atoms with Gasteiger partial charge in [0.2, 0.25) is 0 Å². The second kappa shape index (κ2) is 8.62. The van der Waals surface area contributed by atoms with E-state index in [0.717, 1.165) is 29.1 Å². The highest BCUT2D eigenvalue weighted by Gasteiger charge is 2.29. The quantitative estimate of drug-likeness (QED) is 0.702. The average Bonchev–Trinajstić information content (AvgIpc) is 3.06. The molecular weight excluding hydrogens is 392 g/mol. The Bertz CT molecular complexity index is 901. The third-order valence-electron chi connectivity index (χ3n) is 5.77. The number of nitrogens with zero attached hydrogens (tertiary/aromatic N) is 4. The number of ether oxygens (including phenoxy) is 2. The van der Waals surface area contributed by atoms with Gasteiger partial charge in [-0.3, -0.25) is 9.59 Å². The van der Waals surface area contributed by atoms with E-state index in [9.17, 15) is 9.59 Å². The van der Waals surface area contributed by atoms with Gasteiger partial charge in [-0.1, -0.05) is 0 Å². The molecule has 8 nitrogen and oxygen atoms in total. The zero-order valence-corrected chi connectivity index (χ0v) is 17.7. The minimum absolute atomic E-state index is 0.147. The number of piperidine rings is 1. The van der Waals surface area contributed by atoms with Gasteiger partial charge in [-0.15, -0.1) is 11.3 Å². The van der Waals surface area contributed by atoms with E-state index in [2.05, 4.69) is 28.7 Å². The summed E-state index contributed by atoms with van der Waals surface area (Å²) in [6, 6.07) is 0. The Morgan fingerprint density at radius 3 is 2.62 bits per heavy atom. The summed E-state index contributed by atoms with van der Waals surface area (Å²) in [6.45, 7) is 7.69. The van der Waals surface area contributed by atoms with Gasteiger partial charge >= 0.3 is 5.97 Å². The lowest BCUT2D eigenvalue weighted by molar-refractivity contribution is -0.157. The molecule has 0 atom stereocenters. The number of carbonyl (C=O) groups excluding carboxylic acids is 2. The number of hydrogen-bond acceptors (Lipinski definition) is 8. The summed E-state index contributed by atoms with van der Waals surface area (Å²) in [6.07, 6.45) is 3.00. The first-order valence-electron chi connectivity index (χ1n) is 10.0. The van der Waals surface area contributed by atoms with Crippen molar-refractivity contribution in [1.29, 1.82) is 0 Å². The molecule has 0 unspecified atom stereocenters.